The van der Waals surface area contributed by atoms with Crippen molar-refractivity contribution in [3.63, 3.8) is 0 Å². The zero-order valence-corrected chi connectivity index (χ0v) is 40.6. The summed E-state index contributed by atoms with van der Waals surface area (Å²) in [5, 5.41) is 75.3. The van der Waals surface area contributed by atoms with Gasteiger partial charge in [0.2, 0.25) is 5.91 Å². The molecule has 0 aromatic rings. The molecule has 0 bridgehead atoms. The molecule has 0 aromatic carbocycles. The second kappa shape index (κ2) is 42.2. The Labute approximate surface area is 385 Å². The average molecular weight is 900 g/mol. The largest absolute Gasteiger partial charge is 0.394 e. The van der Waals surface area contributed by atoms with Crippen LogP contribution in [0.1, 0.15) is 245 Å². The van der Waals surface area contributed by atoms with Crippen LogP contribution >= 0.6 is 0 Å². The van der Waals surface area contributed by atoms with Gasteiger partial charge in [-0.2, -0.15) is 0 Å². The molecule has 1 aliphatic heterocycles. The van der Waals surface area contributed by atoms with Crippen molar-refractivity contribution in [1.82, 2.24) is 5.32 Å². The van der Waals surface area contributed by atoms with Gasteiger partial charge >= 0.3 is 0 Å². The van der Waals surface area contributed by atoms with E-state index in [1.807, 2.05) is 0 Å². The summed E-state index contributed by atoms with van der Waals surface area (Å²) in [5.74, 6) is -0.698. The molecule has 1 saturated heterocycles. The molecule has 9 unspecified atom stereocenters. The van der Waals surface area contributed by atoms with Gasteiger partial charge < -0.3 is 50.5 Å². The van der Waals surface area contributed by atoms with E-state index in [0.717, 1.165) is 51.4 Å². The number of aliphatic hydroxyl groups excluding tert-OH is 7. The molecular formula is C52H101NO10. The van der Waals surface area contributed by atoms with Crippen LogP contribution in [0.15, 0.2) is 12.2 Å². The molecular weight excluding hydrogens is 799 g/mol. The molecule has 8 N–H and O–H groups in total. The van der Waals surface area contributed by atoms with Crippen molar-refractivity contribution in [2.24, 2.45) is 0 Å². The number of hydrogen-bond acceptors (Lipinski definition) is 10. The maximum absolute atomic E-state index is 13.0. The lowest BCUT2D eigenvalue weighted by atomic mass is 9.98. The molecule has 0 saturated carbocycles. The van der Waals surface area contributed by atoms with E-state index in [0.29, 0.717) is 19.3 Å². The Morgan fingerprint density at radius 1 is 0.540 bits per heavy atom. The summed E-state index contributed by atoms with van der Waals surface area (Å²) in [7, 11) is 0. The number of allylic oxidation sites excluding steroid dienone is 2. The van der Waals surface area contributed by atoms with Crippen molar-refractivity contribution in [3.05, 3.63) is 12.2 Å². The van der Waals surface area contributed by atoms with Crippen molar-refractivity contribution >= 4 is 5.91 Å². The molecule has 9 atom stereocenters. The number of hydrogen-bond donors (Lipinski definition) is 8. The summed E-state index contributed by atoms with van der Waals surface area (Å²) in [6.45, 7) is 3.37. The van der Waals surface area contributed by atoms with Gasteiger partial charge in [-0.3, -0.25) is 4.79 Å². The van der Waals surface area contributed by atoms with Crippen molar-refractivity contribution in [2.45, 2.75) is 300 Å². The monoisotopic (exact) mass is 900 g/mol. The SMILES string of the molecule is CCCCCCCCCCCCCC/C=C\CCCCCCCCCCCCCCCCC(O)C(=O)NC(COC1OC(CO)C(O)C(O)C1O)C(O)C(O)CCCCCCCC. The van der Waals surface area contributed by atoms with Crippen LogP contribution in [0, 0.1) is 0 Å². The summed E-state index contributed by atoms with van der Waals surface area (Å²) in [5.41, 5.74) is 0. The zero-order valence-electron chi connectivity index (χ0n) is 40.6. The van der Waals surface area contributed by atoms with E-state index < -0.39 is 74.2 Å². The van der Waals surface area contributed by atoms with E-state index in [4.69, 9.17) is 9.47 Å². The van der Waals surface area contributed by atoms with E-state index in [1.54, 1.807) is 0 Å². The first-order chi connectivity index (χ1) is 30.7. The van der Waals surface area contributed by atoms with Crippen molar-refractivity contribution < 1.29 is 50.0 Å². The Hall–Kier alpha value is -1.15. The lowest BCUT2D eigenvalue weighted by Crippen LogP contribution is -2.60. The Morgan fingerprint density at radius 3 is 1.33 bits per heavy atom. The summed E-state index contributed by atoms with van der Waals surface area (Å²) >= 11 is 0. The van der Waals surface area contributed by atoms with E-state index in [1.165, 1.54) is 154 Å². The minimum absolute atomic E-state index is 0.263. The van der Waals surface area contributed by atoms with Gasteiger partial charge in [0.15, 0.2) is 6.29 Å². The highest BCUT2D eigenvalue weighted by atomic mass is 16.7. The van der Waals surface area contributed by atoms with Crippen LogP contribution < -0.4 is 5.32 Å². The minimum Gasteiger partial charge on any atom is -0.394 e. The van der Waals surface area contributed by atoms with Gasteiger partial charge in [-0.05, 0) is 38.5 Å². The lowest BCUT2D eigenvalue weighted by Gasteiger charge is -2.40. The molecule has 0 aliphatic carbocycles. The average Bonchev–Trinajstić information content (AvgIpc) is 3.28. The highest BCUT2D eigenvalue weighted by molar-refractivity contribution is 5.80. The second-order valence-electron chi connectivity index (χ2n) is 19.0. The van der Waals surface area contributed by atoms with Crippen LogP contribution in [-0.4, -0.2) is 110 Å². The van der Waals surface area contributed by atoms with Gasteiger partial charge in [-0.1, -0.05) is 219 Å². The highest BCUT2D eigenvalue weighted by Crippen LogP contribution is 2.23. The van der Waals surface area contributed by atoms with E-state index in [-0.39, 0.29) is 6.42 Å². The van der Waals surface area contributed by atoms with Crippen molar-refractivity contribution in [1.29, 1.82) is 0 Å². The summed E-state index contributed by atoms with van der Waals surface area (Å²) in [6.07, 6.45) is 36.2. The first-order valence-corrected chi connectivity index (χ1v) is 26.6. The fraction of sp³-hybridized carbons (Fsp3) is 0.942. The van der Waals surface area contributed by atoms with E-state index in [2.05, 4.69) is 31.3 Å². The first-order valence-electron chi connectivity index (χ1n) is 26.6. The van der Waals surface area contributed by atoms with Gasteiger partial charge in [0.05, 0.1) is 25.4 Å². The molecule has 1 heterocycles. The molecule has 11 heteroatoms. The number of nitrogens with one attached hydrogen (secondary N) is 1. The van der Waals surface area contributed by atoms with Gasteiger partial charge in [0, 0.05) is 0 Å². The predicted octanol–water partition coefficient (Wildman–Crippen LogP) is 10.0. The second-order valence-corrected chi connectivity index (χ2v) is 19.0. The summed E-state index contributed by atoms with van der Waals surface area (Å²) in [4.78, 5) is 13.0. The molecule has 63 heavy (non-hydrogen) atoms. The minimum atomic E-state index is -1.66. The van der Waals surface area contributed by atoms with E-state index >= 15 is 0 Å². The number of aliphatic hydroxyl groups is 7. The fourth-order valence-electron chi connectivity index (χ4n) is 8.67. The van der Waals surface area contributed by atoms with Gasteiger partial charge in [-0.25, -0.2) is 0 Å². The van der Waals surface area contributed by atoms with Crippen LogP contribution in [-0.2, 0) is 14.3 Å². The molecule has 1 rings (SSSR count). The molecule has 0 radical (unpaired) electrons. The maximum Gasteiger partial charge on any atom is 0.249 e. The highest BCUT2D eigenvalue weighted by Gasteiger charge is 2.44. The number of ether oxygens (including phenoxy) is 2. The Balaban J connectivity index is 2.14. The number of amides is 1. The predicted molar refractivity (Wildman–Crippen MR) is 256 cm³/mol. The van der Waals surface area contributed by atoms with Crippen LogP contribution in [0.3, 0.4) is 0 Å². The Kier molecular flexibility index (Phi) is 40.1. The Bertz CT molecular complexity index is 1030. The molecule has 1 fully saturated rings. The topological polar surface area (TPSA) is 189 Å². The summed E-state index contributed by atoms with van der Waals surface area (Å²) < 4.78 is 11.0. The van der Waals surface area contributed by atoms with Crippen LogP contribution in [0.4, 0.5) is 0 Å². The molecule has 374 valence electrons. The third-order valence-corrected chi connectivity index (χ3v) is 13.1. The third kappa shape index (κ3) is 31.5. The van der Waals surface area contributed by atoms with Crippen LogP contribution in [0.2, 0.25) is 0 Å². The first kappa shape index (κ1) is 59.9. The molecule has 0 aromatic heterocycles. The number of carbonyl (C=O) groups excluding carboxylic acids is 1. The molecule has 1 aliphatic rings. The quantitative estimate of drug-likeness (QED) is 0.0216. The molecule has 11 nitrogen and oxygen atoms in total. The normalized spacial score (nSPS) is 21.2. The molecule has 1 amide bonds. The third-order valence-electron chi connectivity index (χ3n) is 13.1. The van der Waals surface area contributed by atoms with E-state index in [9.17, 15) is 40.5 Å². The smallest absolute Gasteiger partial charge is 0.249 e. The Morgan fingerprint density at radius 2 is 0.921 bits per heavy atom. The van der Waals surface area contributed by atoms with Gasteiger partial charge in [0.1, 0.15) is 36.6 Å². The number of carbonyl (C=O) groups is 1. The number of rotatable bonds is 45. The lowest BCUT2D eigenvalue weighted by molar-refractivity contribution is -0.303. The van der Waals surface area contributed by atoms with Gasteiger partial charge in [-0.15, -0.1) is 0 Å². The number of unbranched alkanes of at least 4 members (excludes halogenated alkanes) is 31. The molecule has 0 spiro atoms. The van der Waals surface area contributed by atoms with Gasteiger partial charge in [0.25, 0.3) is 0 Å². The maximum atomic E-state index is 13.0. The fourth-order valence-corrected chi connectivity index (χ4v) is 8.67. The summed E-state index contributed by atoms with van der Waals surface area (Å²) in [6, 6.07) is -1.16. The van der Waals surface area contributed by atoms with Crippen LogP contribution in [0.25, 0.3) is 0 Å². The van der Waals surface area contributed by atoms with Crippen molar-refractivity contribution in [2.75, 3.05) is 13.2 Å². The standard InChI is InChI=1S/C52H101NO10/c1-3-5-7-9-11-12-13-14-15-16-17-18-19-20-21-22-23-24-25-26-27-28-29-30-31-32-33-34-36-38-40-45(56)51(61)53-43(47(57)44(55)39-37-35-10-8-6-4-2)42-62-52-50(60)49(59)48(58)46(41-54)63-52/h20-21,43-50,52,54-60H,3-19,22-42H2,1-2H3,(H,53,61)/b21-20-. The van der Waals surface area contributed by atoms with Crippen molar-refractivity contribution in [3.8, 4) is 0 Å². The van der Waals surface area contributed by atoms with Crippen LogP contribution in [0.5, 0.6) is 0 Å². The zero-order chi connectivity index (χ0) is 46.2.